The molecule has 0 atom stereocenters. The molecule has 27 heavy (non-hydrogen) atoms. The highest BCUT2D eigenvalue weighted by Gasteiger charge is 2.11. The summed E-state index contributed by atoms with van der Waals surface area (Å²) in [7, 11) is 0. The van der Waals surface area contributed by atoms with Gasteiger partial charge in [0.1, 0.15) is 13.2 Å². The highest BCUT2D eigenvalue weighted by Crippen LogP contribution is 2.19. The van der Waals surface area contributed by atoms with E-state index in [0.717, 1.165) is 11.1 Å². The Balaban J connectivity index is 1.43. The van der Waals surface area contributed by atoms with E-state index in [2.05, 4.69) is 20.6 Å². The molecule has 0 aliphatic rings. The van der Waals surface area contributed by atoms with Crippen LogP contribution in [0.1, 0.15) is 11.3 Å². The monoisotopic (exact) mass is 366 g/mol. The van der Waals surface area contributed by atoms with Crippen molar-refractivity contribution in [2.75, 3.05) is 6.54 Å². The van der Waals surface area contributed by atoms with Crippen LogP contribution >= 0.6 is 0 Å². The maximum atomic E-state index is 11.9. The molecule has 8 heteroatoms. The van der Waals surface area contributed by atoms with Crippen molar-refractivity contribution in [2.45, 2.75) is 13.2 Å². The molecule has 1 aromatic carbocycles. The standard InChI is InChI=1S/C19H18N4O4/c24-17(11-23-19(25)27-12-14-4-2-1-3-5-14)22-10-16-18(21-8-7-20-16)15-6-9-26-13-15/h1-9,13H,10-12H2,(H,22,24)(H,23,25). The van der Waals surface area contributed by atoms with E-state index in [0.29, 0.717) is 11.4 Å². The molecule has 2 amide bonds. The largest absolute Gasteiger partial charge is 0.472 e. The highest BCUT2D eigenvalue weighted by molar-refractivity contribution is 5.82. The number of carbonyl (C=O) groups excluding carboxylic acids is 2. The molecule has 3 rings (SSSR count). The van der Waals surface area contributed by atoms with Crippen molar-refractivity contribution in [1.29, 1.82) is 0 Å². The molecule has 0 saturated carbocycles. The molecular formula is C19H18N4O4. The summed E-state index contributed by atoms with van der Waals surface area (Å²) in [5.41, 5.74) is 2.86. The molecule has 2 N–H and O–H groups in total. The molecule has 8 nitrogen and oxygen atoms in total. The Morgan fingerprint density at radius 2 is 1.85 bits per heavy atom. The smallest absolute Gasteiger partial charge is 0.407 e. The van der Waals surface area contributed by atoms with E-state index in [9.17, 15) is 9.59 Å². The Bertz CT molecular complexity index is 882. The SMILES string of the molecule is O=C(CNC(=O)OCc1ccccc1)NCc1nccnc1-c1ccoc1. The van der Waals surface area contributed by atoms with Crippen LogP contribution in [0.5, 0.6) is 0 Å². The first-order valence-corrected chi connectivity index (χ1v) is 8.26. The molecule has 0 spiro atoms. The van der Waals surface area contributed by atoms with Gasteiger partial charge in [0.2, 0.25) is 5.91 Å². The summed E-state index contributed by atoms with van der Waals surface area (Å²) in [6.07, 6.45) is 5.55. The van der Waals surface area contributed by atoms with Gasteiger partial charge >= 0.3 is 6.09 Å². The third kappa shape index (κ3) is 5.40. The van der Waals surface area contributed by atoms with Gasteiger partial charge in [0.05, 0.1) is 30.5 Å². The predicted molar refractivity (Wildman–Crippen MR) is 96.2 cm³/mol. The molecule has 2 aromatic heterocycles. The Morgan fingerprint density at radius 3 is 2.63 bits per heavy atom. The number of furan rings is 1. The highest BCUT2D eigenvalue weighted by atomic mass is 16.5. The maximum absolute atomic E-state index is 11.9. The average molecular weight is 366 g/mol. The van der Waals surface area contributed by atoms with Gasteiger partial charge in [0.15, 0.2) is 0 Å². The minimum absolute atomic E-state index is 0.141. The second kappa shape index (κ2) is 9.14. The molecule has 0 radical (unpaired) electrons. The van der Waals surface area contributed by atoms with Crippen molar-refractivity contribution in [3.8, 4) is 11.3 Å². The number of nitrogens with zero attached hydrogens (tertiary/aromatic N) is 2. The first-order chi connectivity index (χ1) is 13.2. The molecule has 138 valence electrons. The number of alkyl carbamates (subject to hydrolysis) is 1. The lowest BCUT2D eigenvalue weighted by atomic mass is 10.2. The van der Waals surface area contributed by atoms with Crippen LogP contribution in [-0.4, -0.2) is 28.5 Å². The topological polar surface area (TPSA) is 106 Å². The Kier molecular flexibility index (Phi) is 6.13. The number of ether oxygens (including phenoxy) is 1. The number of nitrogens with one attached hydrogen (secondary N) is 2. The number of amides is 2. The van der Waals surface area contributed by atoms with E-state index in [-0.39, 0.29) is 25.6 Å². The summed E-state index contributed by atoms with van der Waals surface area (Å²) in [4.78, 5) is 32.1. The number of hydrogen-bond acceptors (Lipinski definition) is 6. The lowest BCUT2D eigenvalue weighted by Gasteiger charge is -2.09. The number of rotatable bonds is 7. The maximum Gasteiger partial charge on any atom is 0.407 e. The summed E-state index contributed by atoms with van der Waals surface area (Å²) >= 11 is 0. The molecule has 0 bridgehead atoms. The van der Waals surface area contributed by atoms with Crippen LogP contribution in [0.4, 0.5) is 4.79 Å². The van der Waals surface area contributed by atoms with Crippen LogP contribution in [0, 0.1) is 0 Å². The van der Waals surface area contributed by atoms with Crippen LogP contribution in [-0.2, 0) is 22.7 Å². The summed E-state index contributed by atoms with van der Waals surface area (Å²) in [5, 5.41) is 5.10. The first kappa shape index (κ1) is 18.1. The number of benzene rings is 1. The van der Waals surface area contributed by atoms with E-state index in [1.165, 1.54) is 6.26 Å². The quantitative estimate of drug-likeness (QED) is 0.664. The van der Waals surface area contributed by atoms with E-state index >= 15 is 0 Å². The summed E-state index contributed by atoms with van der Waals surface area (Å²) in [6, 6.07) is 11.0. The van der Waals surface area contributed by atoms with Crippen molar-refractivity contribution >= 4 is 12.0 Å². The molecule has 2 heterocycles. The molecular weight excluding hydrogens is 348 g/mol. The normalized spacial score (nSPS) is 10.2. The molecule has 0 aliphatic carbocycles. The van der Waals surface area contributed by atoms with Gasteiger partial charge in [-0.3, -0.25) is 14.8 Å². The minimum atomic E-state index is -0.660. The Hall–Kier alpha value is -3.68. The zero-order valence-corrected chi connectivity index (χ0v) is 14.4. The summed E-state index contributed by atoms with van der Waals surface area (Å²) in [6.45, 7) is 0.116. The third-order valence-electron chi connectivity index (χ3n) is 3.63. The van der Waals surface area contributed by atoms with E-state index in [4.69, 9.17) is 9.15 Å². The fourth-order valence-corrected chi connectivity index (χ4v) is 2.31. The Labute approximate surface area is 155 Å². The second-order valence-electron chi connectivity index (χ2n) is 5.56. The van der Waals surface area contributed by atoms with Gasteiger partial charge < -0.3 is 19.8 Å². The number of hydrogen-bond donors (Lipinski definition) is 2. The molecule has 0 saturated heterocycles. The first-order valence-electron chi connectivity index (χ1n) is 8.26. The third-order valence-corrected chi connectivity index (χ3v) is 3.63. The van der Waals surface area contributed by atoms with E-state index in [1.807, 2.05) is 30.3 Å². The number of aromatic nitrogens is 2. The Morgan fingerprint density at radius 1 is 1.04 bits per heavy atom. The van der Waals surface area contributed by atoms with Crippen molar-refractivity contribution in [3.05, 3.63) is 72.6 Å². The van der Waals surface area contributed by atoms with Gasteiger partial charge in [-0.05, 0) is 11.6 Å². The van der Waals surface area contributed by atoms with Crippen molar-refractivity contribution in [2.24, 2.45) is 0 Å². The van der Waals surface area contributed by atoms with E-state index < -0.39 is 6.09 Å². The van der Waals surface area contributed by atoms with Gasteiger partial charge in [0, 0.05) is 18.0 Å². The fourth-order valence-electron chi connectivity index (χ4n) is 2.31. The number of carbonyl (C=O) groups is 2. The zero-order valence-electron chi connectivity index (χ0n) is 14.4. The summed E-state index contributed by atoms with van der Waals surface area (Å²) in [5.74, 6) is -0.365. The fraction of sp³-hybridized carbons (Fsp3) is 0.158. The van der Waals surface area contributed by atoms with Gasteiger partial charge in [-0.25, -0.2) is 4.79 Å². The van der Waals surface area contributed by atoms with Crippen molar-refractivity contribution in [3.63, 3.8) is 0 Å². The molecule has 3 aromatic rings. The predicted octanol–water partition coefficient (Wildman–Crippen LogP) is 2.28. The second-order valence-corrected chi connectivity index (χ2v) is 5.56. The van der Waals surface area contributed by atoms with Crippen LogP contribution in [0.15, 0.2) is 65.7 Å². The van der Waals surface area contributed by atoms with Gasteiger partial charge in [-0.2, -0.15) is 0 Å². The minimum Gasteiger partial charge on any atom is -0.472 e. The van der Waals surface area contributed by atoms with Gasteiger partial charge in [-0.15, -0.1) is 0 Å². The van der Waals surface area contributed by atoms with Crippen LogP contribution in [0.25, 0.3) is 11.3 Å². The molecule has 0 aliphatic heterocycles. The van der Waals surface area contributed by atoms with Crippen molar-refractivity contribution in [1.82, 2.24) is 20.6 Å². The lowest BCUT2D eigenvalue weighted by Crippen LogP contribution is -2.37. The van der Waals surface area contributed by atoms with Crippen molar-refractivity contribution < 1.29 is 18.7 Å². The molecule has 0 unspecified atom stereocenters. The van der Waals surface area contributed by atoms with Crippen LogP contribution in [0.3, 0.4) is 0 Å². The molecule has 0 fully saturated rings. The zero-order chi connectivity index (χ0) is 18.9. The summed E-state index contributed by atoms with van der Waals surface area (Å²) < 4.78 is 10.1. The average Bonchev–Trinajstić information content (AvgIpc) is 3.25. The lowest BCUT2D eigenvalue weighted by molar-refractivity contribution is -0.120. The van der Waals surface area contributed by atoms with Crippen LogP contribution in [0.2, 0.25) is 0 Å². The van der Waals surface area contributed by atoms with E-state index in [1.54, 1.807) is 24.7 Å². The van der Waals surface area contributed by atoms with Gasteiger partial charge in [-0.1, -0.05) is 30.3 Å². The van der Waals surface area contributed by atoms with Gasteiger partial charge in [0.25, 0.3) is 0 Å². The van der Waals surface area contributed by atoms with Crippen LogP contribution < -0.4 is 10.6 Å².